The summed E-state index contributed by atoms with van der Waals surface area (Å²) < 4.78 is 10.4. The number of phenolic OH excluding ortho intramolecular Hbond substituents is 1. The maximum atomic E-state index is 11.9. The molecule has 0 amide bonds. The molecule has 1 aromatic rings. The van der Waals surface area contributed by atoms with E-state index in [4.69, 9.17) is 14.6 Å². The van der Waals surface area contributed by atoms with Crippen LogP contribution in [0.3, 0.4) is 0 Å². The van der Waals surface area contributed by atoms with Crippen molar-refractivity contribution in [2.24, 2.45) is 0 Å². The van der Waals surface area contributed by atoms with Crippen molar-refractivity contribution >= 4 is 12.0 Å². The van der Waals surface area contributed by atoms with Gasteiger partial charge in [0, 0.05) is 12.7 Å². The standard InChI is InChI=1S/C44H78O5/c1-48-43-40-41(34-36-42(43)46)35-37-44(47)49-39-33-31-29-27-25-23-21-19-17-15-13-11-9-7-5-3-2-4-6-8-10-12-14-16-18-20-22-24-26-28-30-32-38-45/h34-37,40,45-46H,2-33,38-39H2,1H3/b37-35+. The van der Waals surface area contributed by atoms with Crippen LogP contribution in [0.1, 0.15) is 211 Å². The summed E-state index contributed by atoms with van der Waals surface area (Å²) in [6.45, 7) is 0.834. The van der Waals surface area contributed by atoms with E-state index in [1.54, 1.807) is 24.3 Å². The number of phenols is 1. The van der Waals surface area contributed by atoms with E-state index in [-0.39, 0.29) is 11.7 Å². The number of carbonyl (C=O) groups is 1. The van der Waals surface area contributed by atoms with E-state index in [9.17, 15) is 9.90 Å². The SMILES string of the molecule is COc1cc(/C=C/C(=O)OCCCCCCCCCCCCCCCCCCCCCCCCCCCCCCCCCCO)ccc1O. The highest BCUT2D eigenvalue weighted by atomic mass is 16.5. The van der Waals surface area contributed by atoms with Crippen LogP contribution in [0.5, 0.6) is 11.5 Å². The molecule has 0 saturated carbocycles. The van der Waals surface area contributed by atoms with E-state index in [1.807, 2.05) is 0 Å². The molecule has 0 aliphatic rings. The highest BCUT2D eigenvalue weighted by Gasteiger charge is 2.03. The van der Waals surface area contributed by atoms with Crippen LogP contribution in [-0.4, -0.2) is 36.5 Å². The number of rotatable bonds is 37. The predicted octanol–water partition coefficient (Wildman–Crippen LogP) is 13.4. The summed E-state index contributed by atoms with van der Waals surface area (Å²) in [4.78, 5) is 11.9. The summed E-state index contributed by atoms with van der Waals surface area (Å²) in [6.07, 6.45) is 46.7. The van der Waals surface area contributed by atoms with Crippen LogP contribution in [0, 0.1) is 0 Å². The summed E-state index contributed by atoms with van der Waals surface area (Å²) in [7, 11) is 1.50. The van der Waals surface area contributed by atoms with E-state index in [0.29, 0.717) is 19.0 Å². The first-order chi connectivity index (χ1) is 24.2. The van der Waals surface area contributed by atoms with Gasteiger partial charge in [0.25, 0.3) is 0 Å². The van der Waals surface area contributed by atoms with Crippen LogP contribution in [0.25, 0.3) is 6.08 Å². The lowest BCUT2D eigenvalue weighted by Crippen LogP contribution is -2.02. The molecule has 0 saturated heterocycles. The Morgan fingerprint density at radius 3 is 1.18 bits per heavy atom. The molecule has 1 aromatic carbocycles. The molecule has 284 valence electrons. The monoisotopic (exact) mass is 687 g/mol. The van der Waals surface area contributed by atoms with Crippen molar-refractivity contribution in [2.75, 3.05) is 20.3 Å². The van der Waals surface area contributed by atoms with Crippen LogP contribution >= 0.6 is 0 Å². The molecule has 0 fully saturated rings. The fourth-order valence-corrected chi connectivity index (χ4v) is 6.70. The number of aromatic hydroxyl groups is 1. The van der Waals surface area contributed by atoms with Crippen LogP contribution < -0.4 is 4.74 Å². The van der Waals surface area contributed by atoms with E-state index in [1.165, 1.54) is 199 Å². The topological polar surface area (TPSA) is 76.0 Å². The summed E-state index contributed by atoms with van der Waals surface area (Å²) >= 11 is 0. The van der Waals surface area contributed by atoms with Gasteiger partial charge in [-0.05, 0) is 36.6 Å². The van der Waals surface area contributed by atoms with E-state index in [0.717, 1.165) is 24.8 Å². The minimum Gasteiger partial charge on any atom is -0.504 e. The van der Waals surface area contributed by atoms with Gasteiger partial charge >= 0.3 is 5.97 Å². The van der Waals surface area contributed by atoms with Crippen molar-refractivity contribution in [1.82, 2.24) is 0 Å². The summed E-state index contributed by atoms with van der Waals surface area (Å²) in [6, 6.07) is 4.96. The number of benzene rings is 1. The van der Waals surface area contributed by atoms with Crippen LogP contribution in [0.2, 0.25) is 0 Å². The lowest BCUT2D eigenvalue weighted by molar-refractivity contribution is -0.137. The number of ether oxygens (including phenoxy) is 2. The Morgan fingerprint density at radius 2 is 0.857 bits per heavy atom. The fourth-order valence-electron chi connectivity index (χ4n) is 6.70. The maximum Gasteiger partial charge on any atom is 0.330 e. The minimum absolute atomic E-state index is 0.0801. The first-order valence-electron chi connectivity index (χ1n) is 21.0. The third-order valence-corrected chi connectivity index (χ3v) is 9.91. The van der Waals surface area contributed by atoms with Crippen LogP contribution in [0.15, 0.2) is 24.3 Å². The molecule has 0 aliphatic carbocycles. The highest BCUT2D eigenvalue weighted by molar-refractivity contribution is 5.87. The second-order valence-corrected chi connectivity index (χ2v) is 14.5. The molecule has 0 spiro atoms. The number of aliphatic hydroxyl groups is 1. The number of esters is 1. The Labute approximate surface area is 303 Å². The zero-order chi connectivity index (χ0) is 35.3. The smallest absolute Gasteiger partial charge is 0.330 e. The lowest BCUT2D eigenvalue weighted by atomic mass is 10.0. The molecular formula is C44H78O5. The molecule has 1 rings (SSSR count). The third-order valence-electron chi connectivity index (χ3n) is 9.91. The van der Waals surface area contributed by atoms with Crippen molar-refractivity contribution < 1.29 is 24.5 Å². The Kier molecular flexibility index (Phi) is 32.9. The molecular weight excluding hydrogens is 608 g/mol. The number of methoxy groups -OCH3 is 1. The first-order valence-corrected chi connectivity index (χ1v) is 21.0. The second kappa shape index (κ2) is 35.8. The molecule has 5 heteroatoms. The molecule has 0 aliphatic heterocycles. The Bertz CT molecular complexity index is 882. The molecule has 0 bridgehead atoms. The van der Waals surface area contributed by atoms with Gasteiger partial charge in [0.2, 0.25) is 0 Å². The third kappa shape index (κ3) is 30.5. The number of carbonyl (C=O) groups excluding carboxylic acids is 1. The molecule has 0 heterocycles. The Hall–Kier alpha value is -2.01. The van der Waals surface area contributed by atoms with Gasteiger partial charge in [0.15, 0.2) is 11.5 Å². The van der Waals surface area contributed by atoms with E-state index < -0.39 is 0 Å². The molecule has 0 aromatic heterocycles. The average molecular weight is 687 g/mol. The zero-order valence-corrected chi connectivity index (χ0v) is 32.0. The quantitative estimate of drug-likeness (QED) is 0.0414. The molecule has 0 atom stereocenters. The van der Waals surface area contributed by atoms with Gasteiger partial charge in [-0.2, -0.15) is 0 Å². The van der Waals surface area contributed by atoms with E-state index in [2.05, 4.69) is 0 Å². The van der Waals surface area contributed by atoms with Crippen molar-refractivity contribution in [3.63, 3.8) is 0 Å². The van der Waals surface area contributed by atoms with Gasteiger partial charge < -0.3 is 19.7 Å². The van der Waals surface area contributed by atoms with Crippen molar-refractivity contribution in [3.8, 4) is 11.5 Å². The van der Waals surface area contributed by atoms with Gasteiger partial charge in [-0.3, -0.25) is 0 Å². The molecule has 0 unspecified atom stereocenters. The van der Waals surface area contributed by atoms with Gasteiger partial charge in [-0.25, -0.2) is 4.79 Å². The Balaban J connectivity index is 1.70. The molecule has 49 heavy (non-hydrogen) atoms. The molecule has 5 nitrogen and oxygen atoms in total. The number of hydrogen-bond donors (Lipinski definition) is 2. The normalized spacial score (nSPS) is 11.5. The molecule has 0 radical (unpaired) electrons. The van der Waals surface area contributed by atoms with Crippen molar-refractivity contribution in [3.05, 3.63) is 29.8 Å². The van der Waals surface area contributed by atoms with Gasteiger partial charge in [-0.1, -0.05) is 199 Å². The summed E-state index contributed by atoms with van der Waals surface area (Å²) in [5, 5.41) is 18.5. The van der Waals surface area contributed by atoms with Crippen molar-refractivity contribution in [2.45, 2.75) is 205 Å². The lowest BCUT2D eigenvalue weighted by Gasteiger charge is -2.05. The van der Waals surface area contributed by atoms with Gasteiger partial charge in [0.05, 0.1) is 13.7 Å². The fraction of sp³-hybridized carbons (Fsp3) is 0.795. The summed E-state index contributed by atoms with van der Waals surface area (Å²) in [5.41, 5.74) is 0.778. The number of aliphatic hydroxyl groups excluding tert-OH is 1. The number of hydrogen-bond acceptors (Lipinski definition) is 5. The zero-order valence-electron chi connectivity index (χ0n) is 32.0. The predicted molar refractivity (Wildman–Crippen MR) is 209 cm³/mol. The van der Waals surface area contributed by atoms with Crippen molar-refractivity contribution in [1.29, 1.82) is 0 Å². The van der Waals surface area contributed by atoms with E-state index >= 15 is 0 Å². The van der Waals surface area contributed by atoms with Gasteiger partial charge in [0.1, 0.15) is 0 Å². The first kappa shape index (κ1) is 45.0. The minimum atomic E-state index is -0.334. The Morgan fingerprint density at radius 1 is 0.531 bits per heavy atom. The second-order valence-electron chi connectivity index (χ2n) is 14.5. The van der Waals surface area contributed by atoms with Crippen LogP contribution in [0.4, 0.5) is 0 Å². The number of unbranched alkanes of at least 4 members (excludes halogenated alkanes) is 31. The maximum absolute atomic E-state index is 11.9. The summed E-state index contributed by atoms with van der Waals surface area (Å²) in [5.74, 6) is 0.131. The van der Waals surface area contributed by atoms with Crippen LogP contribution in [-0.2, 0) is 9.53 Å². The van der Waals surface area contributed by atoms with Gasteiger partial charge in [-0.15, -0.1) is 0 Å². The highest BCUT2D eigenvalue weighted by Crippen LogP contribution is 2.26. The largest absolute Gasteiger partial charge is 0.504 e. The average Bonchev–Trinajstić information content (AvgIpc) is 3.11. The molecule has 2 N–H and O–H groups in total.